The Morgan fingerprint density at radius 1 is 1.24 bits per heavy atom. The summed E-state index contributed by atoms with van der Waals surface area (Å²) in [5, 5.41) is 3.60. The lowest BCUT2D eigenvalue weighted by molar-refractivity contribution is -0.142. The number of ether oxygens (including phenoxy) is 1. The lowest BCUT2D eigenvalue weighted by atomic mass is 9.98. The molecule has 1 N–H and O–H groups in total. The molecule has 1 aromatic rings. The normalized spacial score (nSPS) is 24.1. The number of carbonyl (C=O) groups is 1. The lowest BCUT2D eigenvalue weighted by Gasteiger charge is -2.21. The van der Waals surface area contributed by atoms with Crippen molar-refractivity contribution < 1.29 is 9.53 Å². The van der Waals surface area contributed by atoms with Gasteiger partial charge in [-0.15, -0.1) is 0 Å². The van der Waals surface area contributed by atoms with Gasteiger partial charge in [0.15, 0.2) is 0 Å². The van der Waals surface area contributed by atoms with E-state index in [-0.39, 0.29) is 11.9 Å². The van der Waals surface area contributed by atoms with E-state index >= 15 is 0 Å². The van der Waals surface area contributed by atoms with Gasteiger partial charge in [0.2, 0.25) is 0 Å². The van der Waals surface area contributed by atoms with E-state index in [1.54, 1.807) is 0 Å². The standard InChI is InChI=1S/C18H27NO2/c1-14-7-6-10-16(12-11-14)19-13-17(18(20)21-2)15-8-4-3-5-9-15/h3-5,8-9,14,16-17,19H,6-7,10-13H2,1-2H3. The summed E-state index contributed by atoms with van der Waals surface area (Å²) in [6.07, 6.45) is 6.33. The molecule has 2 rings (SSSR count). The first-order valence-electron chi connectivity index (χ1n) is 8.07. The molecule has 3 atom stereocenters. The Labute approximate surface area is 128 Å². The molecule has 0 bridgehead atoms. The molecule has 116 valence electrons. The molecule has 1 aliphatic rings. The third-order valence-corrected chi connectivity index (χ3v) is 4.56. The predicted molar refractivity (Wildman–Crippen MR) is 85.2 cm³/mol. The van der Waals surface area contributed by atoms with Gasteiger partial charge in [0.1, 0.15) is 0 Å². The second-order valence-corrected chi connectivity index (χ2v) is 6.21. The monoisotopic (exact) mass is 289 g/mol. The Bertz CT molecular complexity index is 432. The van der Waals surface area contributed by atoms with Crippen LogP contribution in [0.5, 0.6) is 0 Å². The topological polar surface area (TPSA) is 38.3 Å². The Balaban J connectivity index is 1.95. The number of methoxy groups -OCH3 is 1. The summed E-state index contributed by atoms with van der Waals surface area (Å²) < 4.78 is 4.97. The van der Waals surface area contributed by atoms with Gasteiger partial charge in [-0.3, -0.25) is 4.79 Å². The highest BCUT2D eigenvalue weighted by Crippen LogP contribution is 2.23. The van der Waals surface area contributed by atoms with Crippen LogP contribution in [0.15, 0.2) is 30.3 Å². The minimum atomic E-state index is -0.211. The van der Waals surface area contributed by atoms with Crippen LogP contribution >= 0.6 is 0 Å². The smallest absolute Gasteiger partial charge is 0.314 e. The van der Waals surface area contributed by atoms with Crippen molar-refractivity contribution >= 4 is 5.97 Å². The fourth-order valence-electron chi connectivity index (χ4n) is 3.14. The molecule has 3 heteroatoms. The summed E-state index contributed by atoms with van der Waals surface area (Å²) in [4.78, 5) is 12.0. The maximum Gasteiger partial charge on any atom is 0.314 e. The lowest BCUT2D eigenvalue weighted by Crippen LogP contribution is -2.35. The largest absolute Gasteiger partial charge is 0.469 e. The van der Waals surface area contributed by atoms with E-state index in [0.717, 1.165) is 11.5 Å². The molecule has 0 aromatic heterocycles. The van der Waals surface area contributed by atoms with Crippen molar-refractivity contribution in [1.82, 2.24) is 5.32 Å². The fraction of sp³-hybridized carbons (Fsp3) is 0.611. The molecule has 0 heterocycles. The number of hydrogen-bond acceptors (Lipinski definition) is 3. The first kappa shape index (κ1) is 16.0. The first-order chi connectivity index (χ1) is 10.2. The van der Waals surface area contributed by atoms with E-state index in [4.69, 9.17) is 4.74 Å². The van der Waals surface area contributed by atoms with E-state index in [1.807, 2.05) is 30.3 Å². The van der Waals surface area contributed by atoms with Gasteiger partial charge >= 0.3 is 5.97 Å². The molecular weight excluding hydrogens is 262 g/mol. The molecule has 1 saturated carbocycles. The van der Waals surface area contributed by atoms with Crippen molar-refractivity contribution in [3.63, 3.8) is 0 Å². The van der Waals surface area contributed by atoms with Crippen LogP contribution in [0.4, 0.5) is 0 Å². The van der Waals surface area contributed by atoms with Crippen LogP contribution in [0.1, 0.15) is 50.5 Å². The molecule has 0 radical (unpaired) electrons. The van der Waals surface area contributed by atoms with E-state index in [9.17, 15) is 4.79 Å². The summed E-state index contributed by atoms with van der Waals surface area (Å²) in [6.45, 7) is 3.00. The number of nitrogens with one attached hydrogen (secondary N) is 1. The summed E-state index contributed by atoms with van der Waals surface area (Å²) in [7, 11) is 1.46. The van der Waals surface area contributed by atoms with Crippen LogP contribution in [-0.2, 0) is 9.53 Å². The number of esters is 1. The predicted octanol–water partition coefficient (Wildman–Crippen LogP) is 3.50. The maximum absolute atomic E-state index is 12.0. The van der Waals surface area contributed by atoms with Crippen LogP contribution in [0.2, 0.25) is 0 Å². The van der Waals surface area contributed by atoms with Gasteiger partial charge in [0.05, 0.1) is 13.0 Å². The average Bonchev–Trinajstić information content (AvgIpc) is 2.73. The molecule has 21 heavy (non-hydrogen) atoms. The van der Waals surface area contributed by atoms with Crippen LogP contribution in [0.3, 0.4) is 0 Å². The van der Waals surface area contributed by atoms with E-state index < -0.39 is 0 Å². The quantitative estimate of drug-likeness (QED) is 0.666. The summed E-state index contributed by atoms with van der Waals surface area (Å²) in [5.41, 5.74) is 1.03. The summed E-state index contributed by atoms with van der Waals surface area (Å²) >= 11 is 0. The molecule has 3 unspecified atom stereocenters. The van der Waals surface area contributed by atoms with Crippen molar-refractivity contribution in [2.45, 2.75) is 51.0 Å². The second kappa shape index (κ2) is 8.18. The van der Waals surface area contributed by atoms with Crippen molar-refractivity contribution in [2.24, 2.45) is 5.92 Å². The van der Waals surface area contributed by atoms with Crippen molar-refractivity contribution in [1.29, 1.82) is 0 Å². The van der Waals surface area contributed by atoms with Crippen LogP contribution in [-0.4, -0.2) is 25.7 Å². The van der Waals surface area contributed by atoms with Gasteiger partial charge in [0.25, 0.3) is 0 Å². The van der Waals surface area contributed by atoms with Crippen LogP contribution in [0.25, 0.3) is 0 Å². The van der Waals surface area contributed by atoms with Gasteiger partial charge in [0, 0.05) is 12.6 Å². The van der Waals surface area contributed by atoms with Crippen LogP contribution in [0, 0.1) is 5.92 Å². The Kier molecular flexibility index (Phi) is 6.24. The first-order valence-corrected chi connectivity index (χ1v) is 8.07. The van der Waals surface area contributed by atoms with Gasteiger partial charge in [-0.05, 0) is 30.7 Å². The van der Waals surface area contributed by atoms with Gasteiger partial charge < -0.3 is 10.1 Å². The van der Waals surface area contributed by atoms with E-state index in [0.29, 0.717) is 12.6 Å². The molecule has 1 fully saturated rings. The second-order valence-electron chi connectivity index (χ2n) is 6.21. The van der Waals surface area contributed by atoms with Gasteiger partial charge in [-0.25, -0.2) is 0 Å². The Morgan fingerprint density at radius 3 is 2.71 bits per heavy atom. The van der Waals surface area contributed by atoms with E-state index in [1.165, 1.54) is 39.2 Å². The maximum atomic E-state index is 12.0. The molecule has 1 aliphatic carbocycles. The highest BCUT2D eigenvalue weighted by Gasteiger charge is 2.23. The van der Waals surface area contributed by atoms with E-state index in [2.05, 4.69) is 12.2 Å². The third kappa shape index (κ3) is 4.85. The Hall–Kier alpha value is -1.35. The number of hydrogen-bond donors (Lipinski definition) is 1. The minimum Gasteiger partial charge on any atom is -0.469 e. The molecule has 1 aromatic carbocycles. The molecule has 3 nitrogen and oxygen atoms in total. The SMILES string of the molecule is COC(=O)C(CNC1CCCC(C)CC1)c1ccccc1. The Morgan fingerprint density at radius 2 is 2.00 bits per heavy atom. The van der Waals surface area contributed by atoms with Gasteiger partial charge in [-0.2, -0.15) is 0 Å². The molecule has 0 aliphatic heterocycles. The molecule has 0 spiro atoms. The molecule has 0 amide bonds. The zero-order valence-corrected chi connectivity index (χ0v) is 13.2. The molecular formula is C18H27NO2. The summed E-state index contributed by atoms with van der Waals surface area (Å²) in [6, 6.07) is 10.4. The number of benzene rings is 1. The minimum absolute atomic E-state index is 0.157. The zero-order chi connectivity index (χ0) is 15.1. The van der Waals surface area contributed by atoms with Crippen molar-refractivity contribution in [3.05, 3.63) is 35.9 Å². The van der Waals surface area contributed by atoms with Crippen molar-refractivity contribution in [3.8, 4) is 0 Å². The van der Waals surface area contributed by atoms with Crippen molar-refractivity contribution in [2.75, 3.05) is 13.7 Å². The summed E-state index contributed by atoms with van der Waals surface area (Å²) in [5.74, 6) is 0.467. The average molecular weight is 289 g/mol. The fourth-order valence-corrected chi connectivity index (χ4v) is 3.14. The number of carbonyl (C=O) groups excluding carboxylic acids is 1. The highest BCUT2D eigenvalue weighted by atomic mass is 16.5. The highest BCUT2D eigenvalue weighted by molar-refractivity contribution is 5.78. The number of rotatable bonds is 5. The third-order valence-electron chi connectivity index (χ3n) is 4.56. The van der Waals surface area contributed by atoms with Crippen LogP contribution < -0.4 is 5.32 Å². The zero-order valence-electron chi connectivity index (χ0n) is 13.2. The van der Waals surface area contributed by atoms with Gasteiger partial charge in [-0.1, -0.05) is 50.1 Å². The molecule has 0 saturated heterocycles.